The van der Waals surface area contributed by atoms with Crippen molar-refractivity contribution >= 4 is 28.3 Å². The van der Waals surface area contributed by atoms with E-state index in [1.807, 2.05) is 0 Å². The normalized spacial score (nSPS) is 10.3. The molecule has 2 N–H and O–H groups in total. The van der Waals surface area contributed by atoms with Crippen molar-refractivity contribution in [2.45, 2.75) is 6.54 Å². The molecule has 3 aromatic heterocycles. The molecule has 8 heteroatoms. The zero-order valence-electron chi connectivity index (χ0n) is 10.8. The number of carbonyl (C=O) groups is 1. The molecule has 7 nitrogen and oxygen atoms in total. The highest BCUT2D eigenvalue weighted by Crippen LogP contribution is 2.18. The van der Waals surface area contributed by atoms with Gasteiger partial charge in [0.1, 0.15) is 11.5 Å². The van der Waals surface area contributed by atoms with E-state index in [2.05, 4.69) is 25.6 Å². The van der Waals surface area contributed by atoms with Gasteiger partial charge in [-0.1, -0.05) is 0 Å². The summed E-state index contributed by atoms with van der Waals surface area (Å²) in [6.45, 7) is 0.327. The van der Waals surface area contributed by atoms with Gasteiger partial charge < -0.3 is 15.1 Å². The summed E-state index contributed by atoms with van der Waals surface area (Å²) < 4.78 is 5.14. The molecule has 0 unspecified atom stereocenters. The molecule has 0 aromatic carbocycles. The maximum Gasteiger partial charge on any atom is 0.271 e. The van der Waals surface area contributed by atoms with E-state index in [9.17, 15) is 4.79 Å². The molecule has 0 radical (unpaired) electrons. The van der Waals surface area contributed by atoms with Gasteiger partial charge in [-0.05, 0) is 18.2 Å². The Balaban J connectivity index is 1.60. The van der Waals surface area contributed by atoms with Crippen LogP contribution in [0, 0.1) is 0 Å². The second-order valence-corrected chi connectivity index (χ2v) is 4.86. The summed E-state index contributed by atoms with van der Waals surface area (Å²) in [6, 6.07) is 5.29. The first-order chi connectivity index (χ1) is 10.3. The van der Waals surface area contributed by atoms with Crippen molar-refractivity contribution in [2.24, 2.45) is 0 Å². The summed E-state index contributed by atoms with van der Waals surface area (Å²) in [5.74, 6) is 0.869. The van der Waals surface area contributed by atoms with Gasteiger partial charge in [0.15, 0.2) is 5.13 Å². The quantitative estimate of drug-likeness (QED) is 0.750. The second kappa shape index (κ2) is 6.14. The Morgan fingerprint density at radius 3 is 2.90 bits per heavy atom. The van der Waals surface area contributed by atoms with Crippen molar-refractivity contribution in [1.29, 1.82) is 0 Å². The summed E-state index contributed by atoms with van der Waals surface area (Å²) in [5.41, 5.74) is 0.338. The van der Waals surface area contributed by atoms with Crippen LogP contribution < -0.4 is 10.6 Å². The molecular weight excluding hydrogens is 290 g/mol. The first-order valence-electron chi connectivity index (χ1n) is 6.11. The van der Waals surface area contributed by atoms with Crippen molar-refractivity contribution < 1.29 is 9.21 Å². The van der Waals surface area contributed by atoms with Gasteiger partial charge in [-0.3, -0.25) is 4.79 Å². The molecule has 3 rings (SSSR count). The monoisotopic (exact) mass is 301 g/mol. The van der Waals surface area contributed by atoms with E-state index in [0.717, 1.165) is 0 Å². The maximum atomic E-state index is 11.9. The lowest BCUT2D eigenvalue weighted by Crippen LogP contribution is -2.22. The van der Waals surface area contributed by atoms with Gasteiger partial charge in [0.25, 0.3) is 5.91 Å². The van der Waals surface area contributed by atoms with Crippen LogP contribution in [-0.4, -0.2) is 20.9 Å². The van der Waals surface area contributed by atoms with Crippen molar-refractivity contribution in [1.82, 2.24) is 20.3 Å². The number of hydrogen-bond acceptors (Lipinski definition) is 7. The Hall–Kier alpha value is -2.74. The van der Waals surface area contributed by atoms with E-state index in [0.29, 0.717) is 29.1 Å². The molecule has 0 aliphatic heterocycles. The number of aromatic nitrogens is 3. The van der Waals surface area contributed by atoms with Crippen molar-refractivity contribution in [3.05, 3.63) is 53.7 Å². The second-order valence-electron chi connectivity index (χ2n) is 4.00. The van der Waals surface area contributed by atoms with E-state index in [-0.39, 0.29) is 5.91 Å². The minimum Gasteiger partial charge on any atom is -0.467 e. The molecule has 0 saturated heterocycles. The van der Waals surface area contributed by atoms with Crippen LogP contribution in [-0.2, 0) is 6.54 Å². The maximum absolute atomic E-state index is 11.9. The lowest BCUT2D eigenvalue weighted by Gasteiger charge is -2.00. The van der Waals surface area contributed by atoms with Crippen LogP contribution in [0.1, 0.15) is 16.2 Å². The lowest BCUT2D eigenvalue weighted by molar-refractivity contribution is 0.0944. The van der Waals surface area contributed by atoms with Crippen LogP contribution in [0.2, 0.25) is 0 Å². The highest BCUT2D eigenvalue weighted by atomic mass is 32.1. The predicted molar refractivity (Wildman–Crippen MR) is 77.3 cm³/mol. The summed E-state index contributed by atoms with van der Waals surface area (Å²) in [5, 5.41) is 7.90. The SMILES string of the molecule is O=C(NCc1ccco1)c1csc(Nc2ncccn2)n1. The minimum atomic E-state index is -0.260. The van der Waals surface area contributed by atoms with Crippen molar-refractivity contribution in [3.63, 3.8) is 0 Å². The van der Waals surface area contributed by atoms with E-state index in [4.69, 9.17) is 4.42 Å². The molecule has 1 amide bonds. The summed E-state index contributed by atoms with van der Waals surface area (Å²) >= 11 is 1.31. The third kappa shape index (κ3) is 3.42. The Morgan fingerprint density at radius 2 is 2.14 bits per heavy atom. The van der Waals surface area contributed by atoms with Crippen LogP contribution in [0.15, 0.2) is 46.7 Å². The van der Waals surface area contributed by atoms with Gasteiger partial charge in [-0.25, -0.2) is 15.0 Å². The summed E-state index contributed by atoms with van der Waals surface area (Å²) in [7, 11) is 0. The fourth-order valence-electron chi connectivity index (χ4n) is 1.57. The molecule has 21 heavy (non-hydrogen) atoms. The van der Waals surface area contributed by atoms with Crippen LogP contribution in [0.4, 0.5) is 11.1 Å². The van der Waals surface area contributed by atoms with Gasteiger partial charge >= 0.3 is 0 Å². The molecular formula is C13H11N5O2S. The Morgan fingerprint density at radius 1 is 1.29 bits per heavy atom. The van der Waals surface area contributed by atoms with E-state index < -0.39 is 0 Å². The number of furan rings is 1. The topological polar surface area (TPSA) is 92.9 Å². The van der Waals surface area contributed by atoms with Gasteiger partial charge in [-0.2, -0.15) is 0 Å². The highest BCUT2D eigenvalue weighted by molar-refractivity contribution is 7.14. The van der Waals surface area contributed by atoms with Crippen LogP contribution in [0.25, 0.3) is 0 Å². The fourth-order valence-corrected chi connectivity index (χ4v) is 2.25. The number of carbonyl (C=O) groups excluding carboxylic acids is 1. The molecule has 106 valence electrons. The number of nitrogens with one attached hydrogen (secondary N) is 2. The van der Waals surface area contributed by atoms with Crippen LogP contribution in [0.3, 0.4) is 0 Å². The summed E-state index contributed by atoms with van der Waals surface area (Å²) in [4.78, 5) is 24.2. The Labute approximate surface area is 124 Å². The average Bonchev–Trinajstić information content (AvgIpc) is 3.17. The molecule has 0 bridgehead atoms. The minimum absolute atomic E-state index is 0.260. The number of amides is 1. The molecule has 0 atom stereocenters. The smallest absolute Gasteiger partial charge is 0.271 e. The van der Waals surface area contributed by atoms with Gasteiger partial charge in [-0.15, -0.1) is 11.3 Å². The molecule has 0 aliphatic rings. The Bertz CT molecular complexity index is 711. The molecule has 0 aliphatic carbocycles. The zero-order chi connectivity index (χ0) is 14.5. The van der Waals surface area contributed by atoms with Crippen LogP contribution in [0.5, 0.6) is 0 Å². The number of rotatable bonds is 5. The first kappa shape index (κ1) is 13.3. The lowest BCUT2D eigenvalue weighted by atomic mass is 10.4. The number of hydrogen-bond donors (Lipinski definition) is 2. The molecule has 3 aromatic rings. The molecule has 0 saturated carbocycles. The largest absolute Gasteiger partial charge is 0.467 e. The molecule has 0 spiro atoms. The zero-order valence-corrected chi connectivity index (χ0v) is 11.6. The van der Waals surface area contributed by atoms with E-state index >= 15 is 0 Å². The average molecular weight is 301 g/mol. The molecule has 3 heterocycles. The van der Waals surface area contributed by atoms with Crippen LogP contribution >= 0.6 is 11.3 Å². The third-order valence-corrected chi connectivity index (χ3v) is 3.28. The Kier molecular flexibility index (Phi) is 3.88. The van der Waals surface area contributed by atoms with E-state index in [1.165, 1.54) is 11.3 Å². The fraction of sp³-hybridized carbons (Fsp3) is 0.0769. The predicted octanol–water partition coefficient (Wildman–Crippen LogP) is 2.20. The standard InChI is InChI=1S/C13H11N5O2S/c19-11(16-7-9-3-1-6-20-9)10-8-21-13(17-10)18-12-14-4-2-5-15-12/h1-6,8H,7H2,(H,16,19)(H,14,15,17,18). The number of nitrogens with zero attached hydrogens (tertiary/aromatic N) is 3. The number of thiazole rings is 1. The third-order valence-electron chi connectivity index (χ3n) is 2.52. The van der Waals surface area contributed by atoms with Crippen molar-refractivity contribution in [3.8, 4) is 0 Å². The molecule has 0 fully saturated rings. The van der Waals surface area contributed by atoms with E-state index in [1.54, 1.807) is 42.2 Å². The number of anilines is 2. The van der Waals surface area contributed by atoms with Crippen molar-refractivity contribution in [2.75, 3.05) is 5.32 Å². The van der Waals surface area contributed by atoms with Gasteiger partial charge in [0.2, 0.25) is 5.95 Å². The van der Waals surface area contributed by atoms with Gasteiger partial charge in [0, 0.05) is 17.8 Å². The summed E-state index contributed by atoms with van der Waals surface area (Å²) in [6.07, 6.45) is 4.81. The van der Waals surface area contributed by atoms with Gasteiger partial charge in [0.05, 0.1) is 12.8 Å². The highest BCUT2D eigenvalue weighted by Gasteiger charge is 2.11. The first-order valence-corrected chi connectivity index (χ1v) is 6.99.